The van der Waals surface area contributed by atoms with Crippen LogP contribution in [0.15, 0.2) is 85.6 Å². The quantitative estimate of drug-likeness (QED) is 0.313. The zero-order chi connectivity index (χ0) is 26.9. The molecule has 1 aliphatic heterocycles. The SMILES string of the molecule is Cc1nc(-c2ccc(CN3CCC(c4n[nH]c(-c5cnccn5)n4)CC3)cc2)c(-c2ccccc2)c2nccn12. The first-order chi connectivity index (χ1) is 19.7. The first kappa shape index (κ1) is 24.3. The largest absolute Gasteiger partial charge is 0.299 e. The van der Waals surface area contributed by atoms with Gasteiger partial charge in [0.15, 0.2) is 11.6 Å². The van der Waals surface area contributed by atoms with Gasteiger partial charge in [0.05, 0.1) is 17.5 Å². The number of hydrogen-bond donors (Lipinski definition) is 1. The Kier molecular flexibility index (Phi) is 6.33. The van der Waals surface area contributed by atoms with Gasteiger partial charge in [-0.1, -0.05) is 54.6 Å². The Hall–Kier alpha value is -4.76. The summed E-state index contributed by atoms with van der Waals surface area (Å²) in [6.07, 6.45) is 10.9. The van der Waals surface area contributed by atoms with Gasteiger partial charge in [-0.2, -0.15) is 5.10 Å². The topological polar surface area (TPSA) is 101 Å². The van der Waals surface area contributed by atoms with E-state index in [1.165, 1.54) is 5.56 Å². The molecule has 0 amide bonds. The minimum absolute atomic E-state index is 0.351. The molecule has 0 aliphatic carbocycles. The van der Waals surface area contributed by atoms with E-state index >= 15 is 0 Å². The molecule has 9 nitrogen and oxygen atoms in total. The molecule has 6 aromatic rings. The summed E-state index contributed by atoms with van der Waals surface area (Å²) < 4.78 is 2.05. The zero-order valence-corrected chi connectivity index (χ0v) is 22.3. The van der Waals surface area contributed by atoms with E-state index in [4.69, 9.17) is 9.97 Å². The fourth-order valence-corrected chi connectivity index (χ4v) is 5.58. The maximum absolute atomic E-state index is 5.01. The number of hydrogen-bond acceptors (Lipinski definition) is 7. The Morgan fingerprint density at radius 2 is 1.70 bits per heavy atom. The monoisotopic (exact) mass is 527 g/mol. The molecule has 7 rings (SSSR count). The number of aromatic nitrogens is 8. The summed E-state index contributed by atoms with van der Waals surface area (Å²) in [5.41, 5.74) is 7.17. The molecule has 4 aromatic heterocycles. The number of aromatic amines is 1. The van der Waals surface area contributed by atoms with Crippen LogP contribution < -0.4 is 0 Å². The standard InChI is InChI=1S/C31H29N9/c1-21-35-28(27(23-5-3-2-4-6-23)31-34-15-18-40(21)31)24-9-7-22(8-10-24)20-39-16-11-25(12-17-39)29-36-30(38-37-29)26-19-32-13-14-33-26/h2-10,13-15,18-19,25H,11-12,16-17,20H2,1H3,(H,36,37,38). The number of aryl methyl sites for hydroxylation is 1. The number of rotatable bonds is 6. The molecule has 0 unspecified atom stereocenters. The molecule has 1 saturated heterocycles. The lowest BCUT2D eigenvalue weighted by Gasteiger charge is -2.30. The molecule has 9 heteroatoms. The van der Waals surface area contributed by atoms with Gasteiger partial charge in [0.25, 0.3) is 0 Å². The molecular formula is C31H29N9. The number of fused-ring (bicyclic) bond motifs is 1. The number of H-pyrrole nitrogens is 1. The van der Waals surface area contributed by atoms with Crippen LogP contribution in [-0.4, -0.2) is 57.5 Å². The molecule has 198 valence electrons. The fourth-order valence-electron chi connectivity index (χ4n) is 5.58. The second-order valence-corrected chi connectivity index (χ2v) is 10.2. The van der Waals surface area contributed by atoms with Gasteiger partial charge >= 0.3 is 0 Å². The van der Waals surface area contributed by atoms with Crippen molar-refractivity contribution in [1.29, 1.82) is 0 Å². The van der Waals surface area contributed by atoms with Crippen molar-refractivity contribution in [2.75, 3.05) is 13.1 Å². The summed E-state index contributed by atoms with van der Waals surface area (Å²) in [6.45, 7) is 4.97. The maximum Gasteiger partial charge on any atom is 0.176 e. The summed E-state index contributed by atoms with van der Waals surface area (Å²) >= 11 is 0. The van der Waals surface area contributed by atoms with Crippen molar-refractivity contribution in [3.05, 3.63) is 103 Å². The van der Waals surface area contributed by atoms with Crippen molar-refractivity contribution in [2.45, 2.75) is 32.2 Å². The van der Waals surface area contributed by atoms with Crippen LogP contribution in [0.4, 0.5) is 0 Å². The third-order valence-electron chi connectivity index (χ3n) is 7.68. The van der Waals surface area contributed by atoms with Crippen molar-refractivity contribution in [3.8, 4) is 33.9 Å². The summed E-state index contributed by atoms with van der Waals surface area (Å²) in [5, 5.41) is 7.51. The van der Waals surface area contributed by atoms with Crippen LogP contribution in [0.1, 0.15) is 36.0 Å². The lowest BCUT2D eigenvalue weighted by atomic mass is 9.95. The lowest BCUT2D eigenvalue weighted by molar-refractivity contribution is 0.202. The maximum atomic E-state index is 5.01. The Bertz CT molecular complexity index is 1730. The van der Waals surface area contributed by atoms with E-state index in [1.807, 2.05) is 25.4 Å². The molecule has 2 aromatic carbocycles. The molecular weight excluding hydrogens is 498 g/mol. The smallest absolute Gasteiger partial charge is 0.176 e. The van der Waals surface area contributed by atoms with Gasteiger partial charge in [-0.05, 0) is 44.0 Å². The van der Waals surface area contributed by atoms with Crippen LogP contribution in [0.2, 0.25) is 0 Å². The third kappa shape index (κ3) is 4.65. The number of benzene rings is 2. The first-order valence-electron chi connectivity index (χ1n) is 13.6. The van der Waals surface area contributed by atoms with Crippen molar-refractivity contribution < 1.29 is 0 Å². The van der Waals surface area contributed by atoms with Gasteiger partial charge in [0.2, 0.25) is 0 Å². The molecule has 0 atom stereocenters. The highest BCUT2D eigenvalue weighted by molar-refractivity contribution is 5.90. The summed E-state index contributed by atoms with van der Waals surface area (Å²) in [4.78, 5) is 25.3. The molecule has 0 bridgehead atoms. The number of nitrogens with zero attached hydrogens (tertiary/aromatic N) is 8. The normalized spacial score (nSPS) is 14.6. The Labute approximate surface area is 232 Å². The Morgan fingerprint density at radius 1 is 0.875 bits per heavy atom. The number of imidazole rings is 1. The predicted molar refractivity (Wildman–Crippen MR) is 153 cm³/mol. The molecule has 0 spiro atoms. The third-order valence-corrected chi connectivity index (χ3v) is 7.68. The van der Waals surface area contributed by atoms with Gasteiger partial charge < -0.3 is 0 Å². The van der Waals surface area contributed by atoms with E-state index in [2.05, 4.69) is 83.0 Å². The molecule has 0 saturated carbocycles. The van der Waals surface area contributed by atoms with Crippen molar-refractivity contribution in [1.82, 2.24) is 44.4 Å². The second-order valence-electron chi connectivity index (χ2n) is 10.2. The van der Waals surface area contributed by atoms with Crippen LogP contribution in [-0.2, 0) is 6.54 Å². The van der Waals surface area contributed by atoms with Gasteiger partial charge in [-0.15, -0.1) is 0 Å². The predicted octanol–water partition coefficient (Wildman–Crippen LogP) is 5.33. The molecule has 40 heavy (non-hydrogen) atoms. The van der Waals surface area contributed by atoms with Crippen LogP contribution in [0.25, 0.3) is 39.5 Å². The molecule has 0 radical (unpaired) electrons. The lowest BCUT2D eigenvalue weighted by Crippen LogP contribution is -2.32. The summed E-state index contributed by atoms with van der Waals surface area (Å²) in [7, 11) is 0. The highest BCUT2D eigenvalue weighted by Crippen LogP contribution is 2.34. The van der Waals surface area contributed by atoms with E-state index in [0.29, 0.717) is 17.4 Å². The minimum atomic E-state index is 0.351. The van der Waals surface area contributed by atoms with E-state index in [1.54, 1.807) is 18.6 Å². The number of likely N-dealkylation sites (tertiary alicyclic amines) is 1. The summed E-state index contributed by atoms with van der Waals surface area (Å²) in [5.74, 6) is 2.82. The van der Waals surface area contributed by atoms with Crippen molar-refractivity contribution in [3.63, 3.8) is 0 Å². The minimum Gasteiger partial charge on any atom is -0.299 e. The molecule has 1 fully saturated rings. The Balaban J connectivity index is 1.06. The van der Waals surface area contributed by atoms with Crippen LogP contribution >= 0.6 is 0 Å². The Morgan fingerprint density at radius 3 is 2.48 bits per heavy atom. The van der Waals surface area contributed by atoms with Crippen LogP contribution in [0, 0.1) is 6.92 Å². The van der Waals surface area contributed by atoms with Gasteiger partial charge in [0, 0.05) is 42.8 Å². The highest BCUT2D eigenvalue weighted by Gasteiger charge is 2.24. The van der Waals surface area contributed by atoms with E-state index in [0.717, 1.165) is 72.2 Å². The second kappa shape index (κ2) is 10.4. The zero-order valence-electron chi connectivity index (χ0n) is 22.3. The van der Waals surface area contributed by atoms with Gasteiger partial charge in [-0.3, -0.25) is 19.4 Å². The fraction of sp³-hybridized carbons (Fsp3) is 0.226. The van der Waals surface area contributed by atoms with E-state index in [9.17, 15) is 0 Å². The van der Waals surface area contributed by atoms with Crippen molar-refractivity contribution in [2.24, 2.45) is 0 Å². The molecule has 5 heterocycles. The first-order valence-corrected chi connectivity index (χ1v) is 13.6. The summed E-state index contributed by atoms with van der Waals surface area (Å²) in [6, 6.07) is 19.2. The molecule has 1 N–H and O–H groups in total. The average Bonchev–Trinajstić information content (AvgIpc) is 3.70. The van der Waals surface area contributed by atoms with Gasteiger partial charge in [0.1, 0.15) is 17.2 Å². The molecule has 1 aliphatic rings. The van der Waals surface area contributed by atoms with E-state index in [-0.39, 0.29) is 0 Å². The number of piperidine rings is 1. The highest BCUT2D eigenvalue weighted by atomic mass is 15.2. The van der Waals surface area contributed by atoms with Crippen LogP contribution in [0.3, 0.4) is 0 Å². The van der Waals surface area contributed by atoms with Crippen molar-refractivity contribution >= 4 is 5.65 Å². The van der Waals surface area contributed by atoms with Crippen LogP contribution in [0.5, 0.6) is 0 Å². The average molecular weight is 528 g/mol. The van der Waals surface area contributed by atoms with Gasteiger partial charge in [-0.25, -0.2) is 19.9 Å². The number of nitrogens with one attached hydrogen (secondary N) is 1. The van der Waals surface area contributed by atoms with E-state index < -0.39 is 0 Å².